The Morgan fingerprint density at radius 2 is 0.569 bits per heavy atom. The minimum Gasteiger partial charge on any atom is -0.497 e. The number of ether oxygens (including phenoxy) is 4. The molecule has 0 aliphatic heterocycles. The van der Waals surface area contributed by atoms with Crippen molar-refractivity contribution in [1.29, 1.82) is 0 Å². The van der Waals surface area contributed by atoms with E-state index in [1.807, 2.05) is 71.2 Å². The predicted molar refractivity (Wildman–Crippen MR) is 301 cm³/mol. The molecule has 0 fully saturated rings. The van der Waals surface area contributed by atoms with Crippen LogP contribution in [0.5, 0.6) is 23.0 Å². The van der Waals surface area contributed by atoms with E-state index in [9.17, 15) is 0 Å². The van der Waals surface area contributed by atoms with E-state index >= 15 is 0 Å². The molecule has 0 atom stereocenters. The van der Waals surface area contributed by atoms with Gasteiger partial charge in [-0.25, -0.2) is 0 Å². The molecule has 0 saturated carbocycles. The maximum absolute atomic E-state index is 5.48. The van der Waals surface area contributed by atoms with Gasteiger partial charge < -0.3 is 28.7 Å². The first-order valence-corrected chi connectivity index (χ1v) is 25.9. The number of hydrogen-bond donors (Lipinski definition) is 0. The average Bonchev–Trinajstić information content (AvgIpc) is 4.15. The smallest absolute Gasteiger partial charge is 0.119 e. The van der Waals surface area contributed by atoms with Crippen LogP contribution in [0.2, 0.25) is 0 Å². The number of thiophene rings is 2. The van der Waals surface area contributed by atoms with Crippen molar-refractivity contribution in [3.63, 3.8) is 0 Å². The van der Waals surface area contributed by atoms with E-state index in [4.69, 9.17) is 18.9 Å². The van der Waals surface area contributed by atoms with Gasteiger partial charge in [-0.1, -0.05) is 60.7 Å². The molecule has 72 heavy (non-hydrogen) atoms. The van der Waals surface area contributed by atoms with Crippen LogP contribution < -0.4 is 28.7 Å². The van der Waals surface area contributed by atoms with E-state index < -0.39 is 0 Å². The molecule has 0 amide bonds. The fourth-order valence-electron chi connectivity index (χ4n) is 9.66. The maximum Gasteiger partial charge on any atom is 0.119 e. The van der Waals surface area contributed by atoms with Gasteiger partial charge in [0.1, 0.15) is 23.0 Å². The molecule has 4 aliphatic carbocycles. The van der Waals surface area contributed by atoms with Gasteiger partial charge >= 0.3 is 0 Å². The van der Waals surface area contributed by atoms with Crippen molar-refractivity contribution in [3.05, 3.63) is 229 Å². The highest BCUT2D eigenvalue weighted by atomic mass is 32.1. The molecule has 0 radical (unpaired) electrons. The lowest BCUT2D eigenvalue weighted by Gasteiger charge is -2.26. The first kappa shape index (κ1) is 46.3. The third kappa shape index (κ3) is 9.71. The summed E-state index contributed by atoms with van der Waals surface area (Å²) in [6, 6.07) is 74.2. The van der Waals surface area contributed by atoms with Crippen LogP contribution in [0.25, 0.3) is 41.8 Å². The number of aryl methyl sites for hydroxylation is 4. The number of rotatable bonds is 14. The van der Waals surface area contributed by atoms with Crippen LogP contribution >= 0.6 is 22.7 Å². The molecule has 0 N–H and O–H groups in total. The Hall–Kier alpha value is -8.04. The average molecular weight is 979 g/mol. The van der Waals surface area contributed by atoms with Crippen LogP contribution in [0.1, 0.15) is 22.3 Å². The molecule has 2 aromatic heterocycles. The largest absolute Gasteiger partial charge is 0.497 e. The molecule has 10 aromatic rings. The lowest BCUT2D eigenvalue weighted by Crippen LogP contribution is -2.09. The summed E-state index contributed by atoms with van der Waals surface area (Å²) in [5, 5.41) is 0. The second-order valence-electron chi connectivity index (χ2n) is 17.9. The molecular weight excluding hydrogens is 925 g/mol. The number of hydrogen-bond acceptors (Lipinski definition) is 8. The second-order valence-corrected chi connectivity index (χ2v) is 20.0. The minimum atomic E-state index is 0.824. The molecule has 4 aliphatic rings. The second kappa shape index (κ2) is 20.7. The highest BCUT2D eigenvalue weighted by Crippen LogP contribution is 2.43. The van der Waals surface area contributed by atoms with Crippen molar-refractivity contribution < 1.29 is 18.9 Å². The topological polar surface area (TPSA) is 43.4 Å². The lowest BCUT2D eigenvalue weighted by atomic mass is 9.90. The summed E-state index contributed by atoms with van der Waals surface area (Å²) in [4.78, 5) is 9.63. The van der Waals surface area contributed by atoms with Gasteiger partial charge in [0.25, 0.3) is 0 Å². The van der Waals surface area contributed by atoms with Gasteiger partial charge in [-0.15, -0.1) is 22.7 Å². The van der Waals surface area contributed by atoms with Gasteiger partial charge in [-0.3, -0.25) is 0 Å². The molecular formula is C64H54N2O4S2. The van der Waals surface area contributed by atoms with Crippen LogP contribution in [-0.2, 0) is 25.7 Å². The molecule has 8 aromatic carbocycles. The first-order chi connectivity index (χ1) is 35.4. The van der Waals surface area contributed by atoms with E-state index in [1.165, 1.54) is 64.0 Å². The van der Waals surface area contributed by atoms with Crippen LogP contribution in [0.15, 0.2) is 206 Å². The van der Waals surface area contributed by atoms with E-state index in [0.717, 1.165) is 82.8 Å². The van der Waals surface area contributed by atoms with Crippen LogP contribution in [0.4, 0.5) is 34.1 Å². The van der Waals surface area contributed by atoms with Gasteiger partial charge in [-0.05, 0) is 216 Å². The van der Waals surface area contributed by atoms with Crippen molar-refractivity contribution in [2.75, 3.05) is 38.2 Å². The molecule has 6 nitrogen and oxygen atoms in total. The quantitative estimate of drug-likeness (QED) is 0.108. The summed E-state index contributed by atoms with van der Waals surface area (Å²) < 4.78 is 21.9. The van der Waals surface area contributed by atoms with Gasteiger partial charge in [0, 0.05) is 53.6 Å². The van der Waals surface area contributed by atoms with E-state index in [-0.39, 0.29) is 0 Å². The summed E-state index contributed by atoms with van der Waals surface area (Å²) in [7, 11) is 6.78. The van der Waals surface area contributed by atoms with Crippen LogP contribution in [-0.4, -0.2) is 28.4 Å². The number of nitrogens with zero attached hydrogens (tertiary/aromatic N) is 2. The number of anilines is 6. The van der Waals surface area contributed by atoms with Gasteiger partial charge in [0.15, 0.2) is 0 Å². The molecule has 8 heteroatoms. The van der Waals surface area contributed by atoms with Crippen molar-refractivity contribution >= 4 is 56.8 Å². The Kier molecular flexibility index (Phi) is 13.3. The highest BCUT2D eigenvalue weighted by molar-refractivity contribution is 7.19. The monoisotopic (exact) mass is 978 g/mol. The van der Waals surface area contributed by atoms with E-state index in [2.05, 4.69) is 168 Å². The van der Waals surface area contributed by atoms with Gasteiger partial charge in [-0.2, -0.15) is 0 Å². The molecule has 14 rings (SSSR count). The Balaban J connectivity index is 0.832. The van der Waals surface area contributed by atoms with Crippen molar-refractivity contribution in [1.82, 2.24) is 0 Å². The number of methoxy groups -OCH3 is 4. The fraction of sp³-hybridized carbons (Fsp3) is 0.125. The molecule has 0 spiro atoms. The third-order valence-corrected chi connectivity index (χ3v) is 15.9. The van der Waals surface area contributed by atoms with E-state index in [0.29, 0.717) is 0 Å². The summed E-state index contributed by atoms with van der Waals surface area (Å²) >= 11 is 3.75. The summed E-state index contributed by atoms with van der Waals surface area (Å²) in [6.07, 6.45) is 3.87. The van der Waals surface area contributed by atoms with Crippen LogP contribution in [0.3, 0.4) is 0 Å². The molecule has 0 saturated heterocycles. The van der Waals surface area contributed by atoms with Crippen LogP contribution in [0, 0.1) is 0 Å². The minimum absolute atomic E-state index is 0.824. The standard InChI is InChI=1S/C64H54N2O4S2/c1-67-55-29-21-51(22-30-55)65(52-23-31-56(68-2)32-24-52)49-17-13-47(14-18-49)61-37-39-63(71-61)59-41-43-5-6-44-8-10-46(12-11-45(59)9-7-43)60(42-44)64-40-38-62(72-64)48-15-19-50(20-16-48)66(53-25-33-57(69-3)34-26-53)54-27-35-58(70-4)36-28-54/h7-10,13-42H,5-6,11-12H2,1-4H3. The molecule has 0 unspecified atom stereocenters. The zero-order chi connectivity index (χ0) is 49.0. The summed E-state index contributed by atoms with van der Waals surface area (Å²) in [5.41, 5.74) is 16.9. The Labute approximate surface area is 430 Å². The normalized spacial score (nSPS) is 11.9. The Bertz CT molecular complexity index is 3110. The summed E-state index contributed by atoms with van der Waals surface area (Å²) in [5.74, 6) is 3.30. The summed E-state index contributed by atoms with van der Waals surface area (Å²) in [6.45, 7) is 0. The highest BCUT2D eigenvalue weighted by Gasteiger charge is 2.19. The lowest BCUT2D eigenvalue weighted by molar-refractivity contribution is 0.414. The predicted octanol–water partition coefficient (Wildman–Crippen LogP) is 17.3. The molecule has 4 bridgehead atoms. The zero-order valence-corrected chi connectivity index (χ0v) is 42.4. The first-order valence-electron chi connectivity index (χ1n) is 24.2. The SMILES string of the molecule is COc1ccc(N(c2ccc(OC)cc2)c2ccc(-c3ccc(-c4cc5ccc4CCc4ccc(cc4-c4ccc(-c6ccc(N(c7ccc(OC)cc7)c7ccc(OC)cc7)cc6)s4)CC5)s3)cc2)cc1. The Morgan fingerprint density at radius 1 is 0.292 bits per heavy atom. The maximum atomic E-state index is 5.48. The Morgan fingerprint density at radius 3 is 0.861 bits per heavy atom. The van der Waals surface area contributed by atoms with Gasteiger partial charge in [0.2, 0.25) is 0 Å². The zero-order valence-electron chi connectivity index (χ0n) is 40.8. The number of benzene rings is 8. The van der Waals surface area contributed by atoms with E-state index in [1.54, 1.807) is 28.4 Å². The van der Waals surface area contributed by atoms with Crippen molar-refractivity contribution in [2.24, 2.45) is 0 Å². The van der Waals surface area contributed by atoms with Crippen molar-refractivity contribution in [3.8, 4) is 64.8 Å². The van der Waals surface area contributed by atoms with Gasteiger partial charge in [0.05, 0.1) is 28.4 Å². The fourth-order valence-corrected chi connectivity index (χ4v) is 11.8. The van der Waals surface area contributed by atoms with Crippen molar-refractivity contribution in [2.45, 2.75) is 25.7 Å². The molecule has 2 heterocycles. The molecule has 356 valence electrons. The third-order valence-electron chi connectivity index (χ3n) is 13.6.